The molecule has 3 aliphatic rings. The van der Waals surface area contributed by atoms with Gasteiger partial charge in [0.05, 0.1) is 0 Å². The first kappa shape index (κ1) is 16.7. The van der Waals surface area contributed by atoms with Crippen LogP contribution in [0.4, 0.5) is 0 Å². The van der Waals surface area contributed by atoms with Gasteiger partial charge in [0.25, 0.3) is 0 Å². The zero-order chi connectivity index (χ0) is 16.8. The minimum Gasteiger partial charge on any atom is -0.353 e. The lowest BCUT2D eigenvalue weighted by Gasteiger charge is -2.45. The molecule has 1 aromatic carbocycles. The van der Waals surface area contributed by atoms with Crippen molar-refractivity contribution in [1.82, 2.24) is 5.32 Å². The van der Waals surface area contributed by atoms with Crippen molar-refractivity contribution in [2.75, 3.05) is 0 Å². The third kappa shape index (κ3) is 3.31. The molecule has 4 atom stereocenters. The Bertz CT molecular complexity index is 616. The second kappa shape index (κ2) is 6.51. The largest absolute Gasteiger partial charge is 0.353 e. The van der Waals surface area contributed by atoms with Crippen LogP contribution in [0.3, 0.4) is 0 Å². The summed E-state index contributed by atoms with van der Waals surface area (Å²) < 4.78 is 0. The van der Waals surface area contributed by atoms with Crippen molar-refractivity contribution < 1.29 is 4.79 Å². The van der Waals surface area contributed by atoms with Crippen molar-refractivity contribution in [2.45, 2.75) is 56.5 Å². The number of carbonyl (C=O) groups is 1. The lowest BCUT2D eigenvalue weighted by molar-refractivity contribution is -0.124. The first-order chi connectivity index (χ1) is 11.5. The number of nitrogens with one attached hydrogen (secondary N) is 1. The number of nitrogens with two attached hydrogens (primary N) is 1. The van der Waals surface area contributed by atoms with Gasteiger partial charge in [-0.25, -0.2) is 0 Å². The van der Waals surface area contributed by atoms with Crippen LogP contribution in [0, 0.1) is 17.8 Å². The van der Waals surface area contributed by atoms with Crippen LogP contribution in [0.1, 0.15) is 50.0 Å². The van der Waals surface area contributed by atoms with E-state index in [1.54, 1.807) is 6.07 Å². The highest BCUT2D eigenvalue weighted by Crippen LogP contribution is 2.49. The Morgan fingerprint density at radius 3 is 2.29 bits per heavy atom. The Kier molecular flexibility index (Phi) is 4.53. The number of amides is 1. The molecular weight excluding hydrogens is 343 g/mol. The monoisotopic (exact) mass is 366 g/mol. The summed E-state index contributed by atoms with van der Waals surface area (Å²) in [6.07, 6.45) is 6.69. The van der Waals surface area contributed by atoms with Gasteiger partial charge in [-0.05, 0) is 73.6 Å². The second-order valence-corrected chi connectivity index (χ2v) is 8.74. The number of halogens is 2. The Morgan fingerprint density at radius 2 is 1.67 bits per heavy atom. The van der Waals surface area contributed by atoms with Crippen molar-refractivity contribution >= 4 is 29.1 Å². The Labute approximate surface area is 153 Å². The van der Waals surface area contributed by atoms with Gasteiger partial charge >= 0.3 is 0 Å². The molecule has 0 radical (unpaired) electrons. The van der Waals surface area contributed by atoms with Gasteiger partial charge in [-0.1, -0.05) is 29.6 Å². The van der Waals surface area contributed by atoms with Crippen LogP contribution >= 0.6 is 23.2 Å². The summed E-state index contributed by atoms with van der Waals surface area (Å²) in [4.78, 5) is 12.7. The SMILES string of the molecule is NC1CC2CCCC(C1)C2NC(=O)C1CC1c1cc(Cl)cc(Cl)c1. The maximum absolute atomic E-state index is 12.7. The van der Waals surface area contributed by atoms with Gasteiger partial charge in [-0.15, -0.1) is 0 Å². The normalized spacial score (nSPS) is 37.8. The molecule has 0 aromatic heterocycles. The molecular formula is C19H24Cl2N2O. The molecule has 1 amide bonds. The van der Waals surface area contributed by atoms with E-state index in [0.717, 1.165) is 24.8 Å². The molecule has 5 heteroatoms. The average molecular weight is 367 g/mol. The van der Waals surface area contributed by atoms with Gasteiger partial charge in [0.1, 0.15) is 0 Å². The molecule has 4 unspecified atom stereocenters. The predicted molar refractivity (Wildman–Crippen MR) is 97.3 cm³/mol. The maximum Gasteiger partial charge on any atom is 0.223 e. The highest BCUT2D eigenvalue weighted by molar-refractivity contribution is 6.34. The van der Waals surface area contributed by atoms with E-state index in [1.807, 2.05) is 12.1 Å². The van der Waals surface area contributed by atoms with Crippen molar-refractivity contribution in [3.05, 3.63) is 33.8 Å². The topological polar surface area (TPSA) is 55.1 Å². The van der Waals surface area contributed by atoms with Crippen LogP contribution in [-0.2, 0) is 4.79 Å². The van der Waals surface area contributed by atoms with E-state index in [-0.39, 0.29) is 17.7 Å². The highest BCUT2D eigenvalue weighted by atomic mass is 35.5. The number of carbonyl (C=O) groups excluding carboxylic acids is 1. The van der Waals surface area contributed by atoms with E-state index in [2.05, 4.69) is 5.32 Å². The van der Waals surface area contributed by atoms with Crippen LogP contribution in [0.5, 0.6) is 0 Å². The van der Waals surface area contributed by atoms with Crippen molar-refractivity contribution in [3.63, 3.8) is 0 Å². The molecule has 0 spiro atoms. The van der Waals surface area contributed by atoms with E-state index in [9.17, 15) is 4.79 Å². The fraction of sp³-hybridized carbons (Fsp3) is 0.632. The van der Waals surface area contributed by atoms with Crippen LogP contribution in [-0.4, -0.2) is 18.0 Å². The van der Waals surface area contributed by atoms with Crippen LogP contribution < -0.4 is 11.1 Å². The number of hydrogen-bond acceptors (Lipinski definition) is 2. The Balaban J connectivity index is 1.41. The number of hydrogen-bond donors (Lipinski definition) is 2. The third-order valence-corrected chi connectivity index (χ3v) is 6.56. The summed E-state index contributed by atoms with van der Waals surface area (Å²) in [7, 11) is 0. The molecule has 3 nitrogen and oxygen atoms in total. The highest BCUT2D eigenvalue weighted by Gasteiger charge is 2.47. The van der Waals surface area contributed by atoms with Crippen molar-refractivity contribution in [1.29, 1.82) is 0 Å². The van der Waals surface area contributed by atoms with Gasteiger partial charge in [-0.2, -0.15) is 0 Å². The van der Waals surface area contributed by atoms with Crippen LogP contribution in [0.2, 0.25) is 10.0 Å². The van der Waals surface area contributed by atoms with Crippen molar-refractivity contribution in [2.24, 2.45) is 23.5 Å². The zero-order valence-corrected chi connectivity index (χ0v) is 15.2. The summed E-state index contributed by atoms with van der Waals surface area (Å²) in [6, 6.07) is 6.24. The average Bonchev–Trinajstić information content (AvgIpc) is 3.27. The molecule has 3 saturated carbocycles. The van der Waals surface area contributed by atoms with E-state index >= 15 is 0 Å². The van der Waals surface area contributed by atoms with Gasteiger partial charge in [0, 0.05) is 28.0 Å². The first-order valence-electron chi connectivity index (χ1n) is 9.03. The van der Waals surface area contributed by atoms with E-state index < -0.39 is 0 Å². The smallest absolute Gasteiger partial charge is 0.223 e. The summed E-state index contributed by atoms with van der Waals surface area (Å²) in [5.41, 5.74) is 7.26. The minimum absolute atomic E-state index is 0.0656. The molecule has 4 rings (SSSR count). The molecule has 2 bridgehead atoms. The molecule has 0 heterocycles. The van der Waals surface area contributed by atoms with Gasteiger partial charge in [0.15, 0.2) is 0 Å². The van der Waals surface area contributed by atoms with Crippen LogP contribution in [0.15, 0.2) is 18.2 Å². The summed E-state index contributed by atoms with van der Waals surface area (Å²) in [5, 5.41) is 4.65. The molecule has 1 aromatic rings. The summed E-state index contributed by atoms with van der Waals surface area (Å²) >= 11 is 12.2. The van der Waals surface area contributed by atoms with Gasteiger partial charge in [-0.3, -0.25) is 4.79 Å². The molecule has 130 valence electrons. The fourth-order valence-corrected chi connectivity index (χ4v) is 5.48. The Morgan fingerprint density at radius 1 is 1.04 bits per heavy atom. The lowest BCUT2D eigenvalue weighted by atomic mass is 9.67. The summed E-state index contributed by atoms with van der Waals surface area (Å²) in [6.45, 7) is 0. The molecule has 3 N–H and O–H groups in total. The van der Waals surface area contributed by atoms with Crippen molar-refractivity contribution in [3.8, 4) is 0 Å². The zero-order valence-electron chi connectivity index (χ0n) is 13.7. The minimum atomic E-state index is 0.0656. The van der Waals surface area contributed by atoms with E-state index in [0.29, 0.717) is 34.0 Å². The number of fused-ring (bicyclic) bond motifs is 2. The van der Waals surface area contributed by atoms with E-state index in [4.69, 9.17) is 28.9 Å². The quantitative estimate of drug-likeness (QED) is 0.845. The molecule has 24 heavy (non-hydrogen) atoms. The van der Waals surface area contributed by atoms with E-state index in [1.165, 1.54) is 19.3 Å². The number of benzene rings is 1. The Hall–Kier alpha value is -0.770. The summed E-state index contributed by atoms with van der Waals surface area (Å²) in [5.74, 6) is 1.65. The van der Waals surface area contributed by atoms with Gasteiger partial charge in [0.2, 0.25) is 5.91 Å². The molecule has 3 fully saturated rings. The first-order valence-corrected chi connectivity index (χ1v) is 9.79. The van der Waals surface area contributed by atoms with Gasteiger partial charge < -0.3 is 11.1 Å². The predicted octanol–water partition coefficient (Wildman–Crippen LogP) is 4.12. The standard InChI is InChI=1S/C19H24Cl2N2O/c20-13-4-12(5-14(21)8-13)16-9-17(16)19(24)23-18-10-2-1-3-11(18)7-15(22)6-10/h4-5,8,10-11,15-18H,1-3,6-7,9,22H2,(H,23,24). The number of rotatable bonds is 3. The molecule has 0 aliphatic heterocycles. The maximum atomic E-state index is 12.7. The van der Waals surface area contributed by atoms with Crippen LogP contribution in [0.25, 0.3) is 0 Å². The lowest BCUT2D eigenvalue weighted by Crippen LogP contribution is -2.54. The second-order valence-electron chi connectivity index (χ2n) is 7.87. The molecule has 0 saturated heterocycles. The fourth-order valence-electron chi connectivity index (χ4n) is 4.94. The third-order valence-electron chi connectivity index (χ3n) is 6.13. The molecule has 3 aliphatic carbocycles.